The van der Waals surface area contributed by atoms with Crippen LogP contribution in [-0.4, -0.2) is 42.0 Å². The average molecular weight is 278 g/mol. The normalized spacial score (nSPS) is 25.0. The van der Waals surface area contributed by atoms with Gasteiger partial charge in [-0.05, 0) is 24.6 Å². The molecule has 2 unspecified atom stereocenters. The Balaban J connectivity index is 2.11. The summed E-state index contributed by atoms with van der Waals surface area (Å²) in [5.74, 6) is 0.224. The monoisotopic (exact) mass is 277 g/mol. The predicted octanol–water partition coefficient (Wildman–Crippen LogP) is 2.40. The number of carbonyl (C=O) groups is 1. The van der Waals surface area contributed by atoms with E-state index >= 15 is 0 Å². The summed E-state index contributed by atoms with van der Waals surface area (Å²) in [4.78, 5) is 13.9. The van der Waals surface area contributed by atoms with Crippen LogP contribution in [0.4, 0.5) is 0 Å². The van der Waals surface area contributed by atoms with Crippen molar-refractivity contribution in [3.05, 3.63) is 23.1 Å². The Hall–Kier alpha value is -0.710. The highest BCUT2D eigenvalue weighted by atomic mass is 35.5. The third-order valence-electron chi connectivity index (χ3n) is 2.63. The number of ether oxygens (including phenoxy) is 1. The molecular weight excluding hydrogens is 265 g/mol. The van der Waals surface area contributed by atoms with Gasteiger partial charge in [0, 0.05) is 13.1 Å². The number of alkyl halides is 1. The molecule has 2 heterocycles. The van der Waals surface area contributed by atoms with Crippen LogP contribution in [0.25, 0.3) is 0 Å². The van der Waals surface area contributed by atoms with E-state index in [1.807, 2.05) is 6.92 Å². The zero-order valence-electron chi connectivity index (χ0n) is 9.36. The molecule has 4 nitrogen and oxygen atoms in total. The molecule has 0 N–H and O–H groups in total. The minimum atomic E-state index is -0.144. The maximum absolute atomic E-state index is 12.2. The van der Waals surface area contributed by atoms with Crippen LogP contribution < -0.4 is 0 Å². The Bertz CT molecular complexity index is 407. The molecule has 1 saturated heterocycles. The number of hydrogen-bond acceptors (Lipinski definition) is 3. The number of hydrogen-bond donors (Lipinski definition) is 0. The number of rotatable bonds is 2. The van der Waals surface area contributed by atoms with Crippen LogP contribution in [0, 0.1) is 0 Å². The van der Waals surface area contributed by atoms with E-state index in [4.69, 9.17) is 32.4 Å². The van der Waals surface area contributed by atoms with Crippen molar-refractivity contribution in [2.45, 2.75) is 19.1 Å². The molecule has 1 aromatic rings. The van der Waals surface area contributed by atoms with E-state index in [1.54, 1.807) is 11.0 Å². The Morgan fingerprint density at radius 2 is 2.35 bits per heavy atom. The van der Waals surface area contributed by atoms with Crippen molar-refractivity contribution in [2.24, 2.45) is 0 Å². The SMILES string of the molecule is CC1CN(C(=O)c2ccoc2Cl)CC(CCl)O1. The molecular formula is C11H13Cl2NO3. The highest BCUT2D eigenvalue weighted by molar-refractivity contribution is 6.32. The summed E-state index contributed by atoms with van der Waals surface area (Å²) < 4.78 is 10.5. The van der Waals surface area contributed by atoms with Gasteiger partial charge in [0.15, 0.2) is 0 Å². The van der Waals surface area contributed by atoms with Crippen molar-refractivity contribution >= 4 is 29.1 Å². The van der Waals surface area contributed by atoms with Crippen LogP contribution in [0.3, 0.4) is 0 Å². The van der Waals surface area contributed by atoms with E-state index in [2.05, 4.69) is 0 Å². The molecule has 6 heteroatoms. The lowest BCUT2D eigenvalue weighted by molar-refractivity contribution is -0.0570. The molecule has 1 aromatic heterocycles. The van der Waals surface area contributed by atoms with Gasteiger partial charge in [0.2, 0.25) is 5.22 Å². The molecule has 1 aliphatic rings. The average Bonchev–Trinajstić information content (AvgIpc) is 2.73. The Morgan fingerprint density at radius 3 is 2.94 bits per heavy atom. The summed E-state index contributed by atoms with van der Waals surface area (Å²) >= 11 is 11.6. The first-order chi connectivity index (χ1) is 8.11. The van der Waals surface area contributed by atoms with Crippen LogP contribution in [-0.2, 0) is 4.74 Å². The quantitative estimate of drug-likeness (QED) is 0.780. The maximum atomic E-state index is 12.2. The fourth-order valence-electron chi connectivity index (χ4n) is 1.91. The standard InChI is InChI=1S/C11H13Cl2NO3/c1-7-5-14(6-8(4-12)17-7)11(15)9-2-3-16-10(9)13/h2-3,7-8H,4-6H2,1H3. The zero-order chi connectivity index (χ0) is 12.4. The van der Waals surface area contributed by atoms with Crippen LogP contribution in [0.15, 0.2) is 16.7 Å². The lowest BCUT2D eigenvalue weighted by Crippen LogP contribution is -2.49. The minimum absolute atomic E-state index is 0.0258. The second kappa shape index (κ2) is 5.29. The van der Waals surface area contributed by atoms with Gasteiger partial charge in [-0.1, -0.05) is 0 Å². The Kier molecular flexibility index (Phi) is 3.97. The molecule has 0 spiro atoms. The van der Waals surface area contributed by atoms with Gasteiger partial charge in [-0.3, -0.25) is 4.79 Å². The molecule has 0 aromatic carbocycles. The van der Waals surface area contributed by atoms with Gasteiger partial charge < -0.3 is 14.1 Å². The molecule has 0 bridgehead atoms. The predicted molar refractivity (Wildman–Crippen MR) is 64.7 cm³/mol. The van der Waals surface area contributed by atoms with Crippen LogP contribution >= 0.6 is 23.2 Å². The topological polar surface area (TPSA) is 42.7 Å². The molecule has 17 heavy (non-hydrogen) atoms. The van der Waals surface area contributed by atoms with Crippen LogP contribution in [0.5, 0.6) is 0 Å². The largest absolute Gasteiger partial charge is 0.452 e. The fourth-order valence-corrected chi connectivity index (χ4v) is 2.28. The summed E-state index contributed by atoms with van der Waals surface area (Å²) in [5, 5.41) is 0.122. The number of amides is 1. The van der Waals surface area contributed by atoms with Gasteiger partial charge in [0.1, 0.15) is 0 Å². The van der Waals surface area contributed by atoms with E-state index < -0.39 is 0 Å². The number of furan rings is 1. The summed E-state index contributed by atoms with van der Waals surface area (Å²) in [6.45, 7) is 2.93. The van der Waals surface area contributed by atoms with Gasteiger partial charge in [0.05, 0.1) is 29.9 Å². The van der Waals surface area contributed by atoms with Crippen molar-refractivity contribution in [3.8, 4) is 0 Å². The van der Waals surface area contributed by atoms with E-state index in [-0.39, 0.29) is 23.3 Å². The molecule has 0 saturated carbocycles. The van der Waals surface area contributed by atoms with Crippen molar-refractivity contribution in [1.29, 1.82) is 0 Å². The molecule has 94 valence electrons. The van der Waals surface area contributed by atoms with Gasteiger partial charge in [0.25, 0.3) is 5.91 Å². The highest BCUT2D eigenvalue weighted by Crippen LogP contribution is 2.21. The molecule has 0 aliphatic carbocycles. The molecule has 0 radical (unpaired) electrons. The van der Waals surface area contributed by atoms with Gasteiger partial charge >= 0.3 is 0 Å². The second-order valence-corrected chi connectivity index (χ2v) is 4.69. The lowest BCUT2D eigenvalue weighted by atomic mass is 10.2. The first-order valence-corrected chi connectivity index (χ1v) is 6.26. The summed E-state index contributed by atoms with van der Waals surface area (Å²) in [6, 6.07) is 1.57. The second-order valence-electron chi connectivity index (χ2n) is 4.04. The number of halogens is 2. The van der Waals surface area contributed by atoms with Crippen molar-refractivity contribution < 1.29 is 13.9 Å². The molecule has 1 aliphatic heterocycles. The molecule has 1 fully saturated rings. The zero-order valence-corrected chi connectivity index (χ0v) is 10.9. The number of carbonyl (C=O) groups excluding carboxylic acids is 1. The summed E-state index contributed by atoms with van der Waals surface area (Å²) in [6.07, 6.45) is 1.25. The van der Waals surface area contributed by atoms with Crippen molar-refractivity contribution in [2.75, 3.05) is 19.0 Å². The third kappa shape index (κ3) is 2.76. The third-order valence-corrected chi connectivity index (χ3v) is 3.27. The smallest absolute Gasteiger partial charge is 0.258 e. The lowest BCUT2D eigenvalue weighted by Gasteiger charge is -2.35. The van der Waals surface area contributed by atoms with Gasteiger partial charge in [-0.2, -0.15) is 0 Å². The first kappa shape index (κ1) is 12.7. The van der Waals surface area contributed by atoms with E-state index in [9.17, 15) is 4.79 Å². The molecule has 2 atom stereocenters. The van der Waals surface area contributed by atoms with Gasteiger partial charge in [-0.25, -0.2) is 0 Å². The van der Waals surface area contributed by atoms with E-state index in [1.165, 1.54) is 6.26 Å². The van der Waals surface area contributed by atoms with E-state index in [0.717, 1.165) is 0 Å². The highest BCUT2D eigenvalue weighted by Gasteiger charge is 2.29. The van der Waals surface area contributed by atoms with Crippen molar-refractivity contribution in [1.82, 2.24) is 4.90 Å². The van der Waals surface area contributed by atoms with Crippen LogP contribution in [0.2, 0.25) is 5.22 Å². The summed E-state index contributed by atoms with van der Waals surface area (Å²) in [7, 11) is 0. The van der Waals surface area contributed by atoms with Gasteiger partial charge in [-0.15, -0.1) is 11.6 Å². The summed E-state index contributed by atoms with van der Waals surface area (Å²) in [5.41, 5.74) is 0.383. The fraction of sp³-hybridized carbons (Fsp3) is 0.545. The molecule has 1 amide bonds. The number of nitrogens with zero attached hydrogens (tertiary/aromatic N) is 1. The Morgan fingerprint density at radius 1 is 1.59 bits per heavy atom. The minimum Gasteiger partial charge on any atom is -0.452 e. The first-order valence-electron chi connectivity index (χ1n) is 5.35. The maximum Gasteiger partial charge on any atom is 0.258 e. The Labute approximate surface area is 109 Å². The number of morpholine rings is 1. The van der Waals surface area contributed by atoms with Crippen LogP contribution in [0.1, 0.15) is 17.3 Å². The van der Waals surface area contributed by atoms with E-state index in [0.29, 0.717) is 24.5 Å². The molecule has 2 rings (SSSR count). The van der Waals surface area contributed by atoms with Crippen molar-refractivity contribution in [3.63, 3.8) is 0 Å².